The molecule has 0 unspecified atom stereocenters. The summed E-state index contributed by atoms with van der Waals surface area (Å²) in [7, 11) is 0. The third-order valence-corrected chi connectivity index (χ3v) is 3.14. The molecule has 7 heteroatoms. The first-order chi connectivity index (χ1) is 7.00. The van der Waals surface area contributed by atoms with Gasteiger partial charge in [0.1, 0.15) is 5.52 Å². The van der Waals surface area contributed by atoms with Crippen LogP contribution in [0.3, 0.4) is 0 Å². The van der Waals surface area contributed by atoms with E-state index in [1.807, 2.05) is 0 Å². The van der Waals surface area contributed by atoms with Crippen LogP contribution in [0.2, 0.25) is 5.02 Å². The largest absolute Gasteiger partial charge is 0.493 e. The van der Waals surface area contributed by atoms with Crippen LogP contribution in [0.1, 0.15) is 0 Å². The van der Waals surface area contributed by atoms with Crippen LogP contribution in [0.15, 0.2) is 10.5 Å². The molecule has 0 aliphatic rings. The van der Waals surface area contributed by atoms with Gasteiger partial charge >= 0.3 is 6.01 Å². The summed E-state index contributed by atoms with van der Waals surface area (Å²) in [6.45, 7) is 0. The molecule has 0 amide bonds. The van der Waals surface area contributed by atoms with E-state index in [0.717, 1.165) is 6.07 Å². The van der Waals surface area contributed by atoms with Gasteiger partial charge in [0.15, 0.2) is 5.82 Å². The maximum absolute atomic E-state index is 13.4. The van der Waals surface area contributed by atoms with Gasteiger partial charge in [0.2, 0.25) is 5.88 Å². The van der Waals surface area contributed by atoms with E-state index in [0.29, 0.717) is 0 Å². The van der Waals surface area contributed by atoms with Crippen LogP contribution in [-0.2, 0) is 0 Å². The fourth-order valence-electron chi connectivity index (χ4n) is 1.17. The maximum atomic E-state index is 13.4. The Morgan fingerprint density at radius 2 is 2.00 bits per heavy atom. The summed E-state index contributed by atoms with van der Waals surface area (Å²) < 4.78 is 13.6. The first-order valence-corrected chi connectivity index (χ1v) is 4.91. The Morgan fingerprint density at radius 3 is 2.67 bits per heavy atom. The minimum absolute atomic E-state index is 0.0257. The van der Waals surface area contributed by atoms with Crippen molar-refractivity contribution < 1.29 is 14.6 Å². The van der Waals surface area contributed by atoms with Crippen LogP contribution in [0, 0.1) is 5.82 Å². The molecule has 0 spiro atoms. The first kappa shape index (κ1) is 10.4. The molecule has 2 N–H and O–H groups in total. The fourth-order valence-corrected chi connectivity index (χ4v) is 1.84. The monoisotopic (exact) mass is 292 g/mol. The molecule has 15 heavy (non-hydrogen) atoms. The number of rotatable bonds is 0. The van der Waals surface area contributed by atoms with Crippen molar-refractivity contribution in [2.45, 2.75) is 0 Å². The summed E-state index contributed by atoms with van der Waals surface area (Å²) in [6.07, 6.45) is 0. The second-order valence-electron chi connectivity index (χ2n) is 2.73. The van der Waals surface area contributed by atoms with Gasteiger partial charge in [-0.05, 0) is 22.0 Å². The predicted octanol–water partition coefficient (Wildman–Crippen LogP) is 2.60. The lowest BCUT2D eigenvalue weighted by Gasteiger charge is -2.05. The molecule has 0 aliphatic carbocycles. The van der Waals surface area contributed by atoms with Gasteiger partial charge in [-0.1, -0.05) is 11.6 Å². The Hall–Kier alpha value is -1.14. The van der Waals surface area contributed by atoms with E-state index in [4.69, 9.17) is 16.7 Å². The second kappa shape index (κ2) is 3.46. The highest BCUT2D eigenvalue weighted by atomic mass is 79.9. The normalized spacial score (nSPS) is 10.9. The van der Waals surface area contributed by atoms with Crippen LogP contribution in [0.4, 0.5) is 4.39 Å². The molecular formula is C8H3BrClFN2O2. The van der Waals surface area contributed by atoms with Crippen molar-refractivity contribution in [3.63, 3.8) is 0 Å². The summed E-state index contributed by atoms with van der Waals surface area (Å²) in [4.78, 5) is 6.75. The highest BCUT2D eigenvalue weighted by molar-refractivity contribution is 9.10. The Morgan fingerprint density at radius 1 is 1.33 bits per heavy atom. The summed E-state index contributed by atoms with van der Waals surface area (Å²) in [6, 6.07) is 0.327. The van der Waals surface area contributed by atoms with E-state index in [9.17, 15) is 9.50 Å². The zero-order valence-electron chi connectivity index (χ0n) is 7.00. The van der Waals surface area contributed by atoms with Crippen LogP contribution < -0.4 is 0 Å². The summed E-state index contributed by atoms with van der Waals surface area (Å²) in [5.41, 5.74) is -0.198. The highest BCUT2D eigenvalue weighted by Crippen LogP contribution is 2.37. The molecule has 2 rings (SSSR count). The molecule has 4 nitrogen and oxygen atoms in total. The Bertz CT molecular complexity index is 564. The molecule has 0 bridgehead atoms. The van der Waals surface area contributed by atoms with Gasteiger partial charge in [0, 0.05) is 0 Å². The van der Waals surface area contributed by atoms with E-state index in [2.05, 4.69) is 25.9 Å². The van der Waals surface area contributed by atoms with E-state index in [-0.39, 0.29) is 20.4 Å². The van der Waals surface area contributed by atoms with Gasteiger partial charge in [0.25, 0.3) is 0 Å². The van der Waals surface area contributed by atoms with Crippen LogP contribution >= 0.6 is 27.5 Å². The topological polar surface area (TPSA) is 66.2 Å². The summed E-state index contributed by atoms with van der Waals surface area (Å²) in [5.74, 6) is -1.28. The number of aromatic nitrogens is 2. The number of fused-ring (bicyclic) bond motifs is 1. The Labute approximate surface area is 96.5 Å². The van der Waals surface area contributed by atoms with Gasteiger partial charge < -0.3 is 10.2 Å². The minimum Gasteiger partial charge on any atom is -0.493 e. The van der Waals surface area contributed by atoms with Gasteiger partial charge in [-0.3, -0.25) is 0 Å². The molecule has 0 fully saturated rings. The third-order valence-electron chi connectivity index (χ3n) is 1.79. The third kappa shape index (κ3) is 1.59. The number of benzene rings is 1. The van der Waals surface area contributed by atoms with Crippen molar-refractivity contribution in [1.82, 2.24) is 9.97 Å². The molecule has 1 heterocycles. The van der Waals surface area contributed by atoms with Crippen molar-refractivity contribution in [2.75, 3.05) is 0 Å². The minimum atomic E-state index is -0.744. The van der Waals surface area contributed by atoms with Crippen molar-refractivity contribution in [3.8, 4) is 11.9 Å². The standard InChI is InChI=1S/C8H3BrClFN2O2/c9-5-2(10)1-3(11)6-4(5)7(14)13-8(15)12-6/h1H,(H2,12,13,14,15). The highest BCUT2D eigenvalue weighted by Gasteiger charge is 2.16. The number of halogens is 3. The molecule has 0 radical (unpaired) electrons. The average molecular weight is 293 g/mol. The molecule has 1 aromatic carbocycles. The van der Waals surface area contributed by atoms with Crippen LogP contribution in [0.5, 0.6) is 11.9 Å². The smallest absolute Gasteiger partial charge is 0.317 e. The predicted molar refractivity (Wildman–Crippen MR) is 55.5 cm³/mol. The summed E-state index contributed by atoms with van der Waals surface area (Å²) in [5, 5.41) is 18.5. The lowest BCUT2D eigenvalue weighted by molar-refractivity contribution is 0.402. The number of hydrogen-bond donors (Lipinski definition) is 2. The Balaban J connectivity index is 3.03. The number of aromatic hydroxyl groups is 2. The molecule has 2 aromatic rings. The molecule has 0 saturated carbocycles. The van der Waals surface area contributed by atoms with E-state index in [1.54, 1.807) is 0 Å². The lowest BCUT2D eigenvalue weighted by Crippen LogP contribution is -1.90. The molecular weight excluding hydrogens is 290 g/mol. The van der Waals surface area contributed by atoms with E-state index >= 15 is 0 Å². The lowest BCUT2D eigenvalue weighted by atomic mass is 10.2. The molecule has 78 valence electrons. The zero-order chi connectivity index (χ0) is 11.2. The van der Waals surface area contributed by atoms with Gasteiger partial charge in [-0.15, -0.1) is 0 Å². The molecule has 0 saturated heterocycles. The van der Waals surface area contributed by atoms with Crippen molar-refractivity contribution >= 4 is 38.4 Å². The van der Waals surface area contributed by atoms with E-state index in [1.165, 1.54) is 0 Å². The maximum Gasteiger partial charge on any atom is 0.317 e. The van der Waals surface area contributed by atoms with Crippen LogP contribution in [-0.4, -0.2) is 20.2 Å². The van der Waals surface area contributed by atoms with Gasteiger partial charge in [0.05, 0.1) is 14.9 Å². The first-order valence-electron chi connectivity index (χ1n) is 3.74. The number of nitrogens with zero attached hydrogens (tertiary/aromatic N) is 2. The molecule has 0 atom stereocenters. The van der Waals surface area contributed by atoms with E-state index < -0.39 is 17.7 Å². The zero-order valence-corrected chi connectivity index (χ0v) is 9.34. The van der Waals surface area contributed by atoms with Crippen molar-refractivity contribution in [2.24, 2.45) is 0 Å². The van der Waals surface area contributed by atoms with Gasteiger partial charge in [-0.2, -0.15) is 9.97 Å². The van der Waals surface area contributed by atoms with Crippen molar-refractivity contribution in [3.05, 3.63) is 21.4 Å². The molecule has 0 aliphatic heterocycles. The van der Waals surface area contributed by atoms with Crippen LogP contribution in [0.25, 0.3) is 10.9 Å². The second-order valence-corrected chi connectivity index (χ2v) is 3.93. The fraction of sp³-hybridized carbons (Fsp3) is 0. The summed E-state index contributed by atoms with van der Waals surface area (Å²) >= 11 is 8.76. The Kier molecular flexibility index (Phi) is 2.40. The SMILES string of the molecule is Oc1nc(O)c2c(Br)c(Cl)cc(F)c2n1. The average Bonchev–Trinajstić information content (AvgIpc) is 2.13. The quantitative estimate of drug-likeness (QED) is 0.733. The van der Waals surface area contributed by atoms with Gasteiger partial charge in [-0.25, -0.2) is 4.39 Å². The molecule has 1 aromatic heterocycles. The number of hydrogen-bond acceptors (Lipinski definition) is 4. The van der Waals surface area contributed by atoms with Crippen molar-refractivity contribution in [1.29, 1.82) is 0 Å².